The van der Waals surface area contributed by atoms with E-state index in [-0.39, 0.29) is 12.0 Å². The van der Waals surface area contributed by atoms with Crippen LogP contribution >= 0.6 is 0 Å². The van der Waals surface area contributed by atoms with Crippen molar-refractivity contribution in [1.82, 2.24) is 10.2 Å². The summed E-state index contributed by atoms with van der Waals surface area (Å²) in [4.78, 5) is 13.6. The summed E-state index contributed by atoms with van der Waals surface area (Å²) >= 11 is 0. The molecule has 16 heavy (non-hydrogen) atoms. The van der Waals surface area contributed by atoms with Gasteiger partial charge in [-0.15, -0.1) is 0 Å². The first-order valence-electron chi connectivity index (χ1n) is 6.16. The number of likely N-dealkylation sites (N-methyl/N-ethyl adjacent to an activating group) is 1. The normalized spacial score (nSPS) is 14.9. The number of amides is 1. The van der Waals surface area contributed by atoms with Gasteiger partial charge < -0.3 is 10.4 Å². The molecule has 2 N–H and O–H groups in total. The second-order valence-corrected chi connectivity index (χ2v) is 4.46. The van der Waals surface area contributed by atoms with E-state index in [1.165, 1.54) is 0 Å². The molecule has 4 heteroatoms. The zero-order chi connectivity index (χ0) is 12.6. The lowest BCUT2D eigenvalue weighted by Gasteiger charge is -2.19. The summed E-state index contributed by atoms with van der Waals surface area (Å²) in [6.07, 6.45) is 0.431. The van der Waals surface area contributed by atoms with E-state index >= 15 is 0 Å². The number of nitrogens with zero attached hydrogens (tertiary/aromatic N) is 1. The molecule has 0 aromatic rings. The van der Waals surface area contributed by atoms with Gasteiger partial charge in [0.15, 0.2) is 0 Å². The Morgan fingerprint density at radius 2 is 1.88 bits per heavy atom. The van der Waals surface area contributed by atoms with Crippen LogP contribution in [0, 0.1) is 5.92 Å². The highest BCUT2D eigenvalue weighted by atomic mass is 16.3. The summed E-state index contributed by atoms with van der Waals surface area (Å²) < 4.78 is 0. The van der Waals surface area contributed by atoms with Crippen LogP contribution in [0.5, 0.6) is 0 Å². The predicted molar refractivity (Wildman–Crippen MR) is 66.3 cm³/mol. The topological polar surface area (TPSA) is 52.6 Å². The zero-order valence-electron chi connectivity index (χ0n) is 11.0. The number of nitrogens with one attached hydrogen (secondary N) is 1. The fraction of sp³-hybridized carbons (Fsp3) is 0.917. The van der Waals surface area contributed by atoms with Crippen LogP contribution in [0.2, 0.25) is 0 Å². The van der Waals surface area contributed by atoms with Crippen molar-refractivity contribution in [2.75, 3.05) is 26.2 Å². The van der Waals surface area contributed by atoms with Gasteiger partial charge in [-0.05, 0) is 32.4 Å². The molecule has 0 saturated heterocycles. The molecular weight excluding hydrogens is 204 g/mol. The van der Waals surface area contributed by atoms with Crippen molar-refractivity contribution in [3.05, 3.63) is 0 Å². The molecule has 0 saturated carbocycles. The smallest absolute Gasteiger partial charge is 0.234 e. The van der Waals surface area contributed by atoms with Crippen LogP contribution in [-0.4, -0.2) is 48.2 Å². The Morgan fingerprint density at radius 3 is 2.31 bits per heavy atom. The van der Waals surface area contributed by atoms with E-state index in [0.717, 1.165) is 19.5 Å². The average Bonchev–Trinajstić information content (AvgIpc) is 2.22. The van der Waals surface area contributed by atoms with Gasteiger partial charge in [0.25, 0.3) is 0 Å². The van der Waals surface area contributed by atoms with Gasteiger partial charge in [-0.25, -0.2) is 0 Å². The fourth-order valence-corrected chi connectivity index (χ4v) is 1.66. The van der Waals surface area contributed by atoms with E-state index in [1.54, 1.807) is 6.92 Å². The third-order valence-electron chi connectivity index (χ3n) is 2.65. The highest BCUT2D eigenvalue weighted by molar-refractivity contribution is 5.77. The molecule has 0 heterocycles. The van der Waals surface area contributed by atoms with Crippen LogP contribution in [0.1, 0.15) is 34.1 Å². The van der Waals surface area contributed by atoms with Gasteiger partial charge in [-0.3, -0.25) is 9.69 Å². The van der Waals surface area contributed by atoms with Gasteiger partial charge in [0.2, 0.25) is 5.91 Å². The lowest BCUT2D eigenvalue weighted by Crippen LogP contribution is -2.39. The Kier molecular flexibility index (Phi) is 8.21. The summed E-state index contributed by atoms with van der Waals surface area (Å²) in [6, 6.07) is 0. The molecule has 0 bridgehead atoms. The standard InChI is InChI=1S/C12H26N2O2/c1-5-14(6-2)9-12(16)13-8-10(3)7-11(4)15/h10-11,15H,5-9H2,1-4H3,(H,13,16). The van der Waals surface area contributed by atoms with Crippen molar-refractivity contribution < 1.29 is 9.90 Å². The van der Waals surface area contributed by atoms with Gasteiger partial charge in [-0.2, -0.15) is 0 Å². The van der Waals surface area contributed by atoms with Crippen LogP contribution in [-0.2, 0) is 4.79 Å². The number of rotatable bonds is 8. The Bertz CT molecular complexity index is 191. The number of carbonyl (C=O) groups is 1. The Labute approximate surface area is 99.0 Å². The molecular formula is C12H26N2O2. The van der Waals surface area contributed by atoms with E-state index in [9.17, 15) is 9.90 Å². The molecule has 1 amide bonds. The lowest BCUT2D eigenvalue weighted by molar-refractivity contribution is -0.122. The summed E-state index contributed by atoms with van der Waals surface area (Å²) in [5, 5.41) is 12.1. The number of aliphatic hydroxyl groups excluding tert-OH is 1. The summed E-state index contributed by atoms with van der Waals surface area (Å²) in [7, 11) is 0. The fourth-order valence-electron chi connectivity index (χ4n) is 1.66. The molecule has 0 aromatic heterocycles. The summed E-state index contributed by atoms with van der Waals surface area (Å²) in [5.41, 5.74) is 0. The zero-order valence-corrected chi connectivity index (χ0v) is 11.0. The Hall–Kier alpha value is -0.610. The molecule has 4 nitrogen and oxygen atoms in total. The van der Waals surface area contributed by atoms with E-state index in [0.29, 0.717) is 19.0 Å². The maximum absolute atomic E-state index is 11.5. The second kappa shape index (κ2) is 8.53. The summed E-state index contributed by atoms with van der Waals surface area (Å²) in [5.74, 6) is 0.391. The number of hydrogen-bond donors (Lipinski definition) is 2. The van der Waals surface area contributed by atoms with Crippen LogP contribution in [0.4, 0.5) is 0 Å². The molecule has 0 radical (unpaired) electrons. The molecule has 0 spiro atoms. The van der Waals surface area contributed by atoms with E-state index in [4.69, 9.17) is 0 Å². The highest BCUT2D eigenvalue weighted by Crippen LogP contribution is 2.03. The molecule has 0 aliphatic rings. The predicted octanol–water partition coefficient (Wildman–Crippen LogP) is 0.851. The second-order valence-electron chi connectivity index (χ2n) is 4.46. The van der Waals surface area contributed by atoms with E-state index < -0.39 is 0 Å². The maximum atomic E-state index is 11.5. The molecule has 2 unspecified atom stereocenters. The number of aliphatic hydroxyl groups is 1. The van der Waals surface area contributed by atoms with Gasteiger partial charge in [0.1, 0.15) is 0 Å². The van der Waals surface area contributed by atoms with Crippen molar-refractivity contribution in [2.45, 2.75) is 40.2 Å². The van der Waals surface area contributed by atoms with Gasteiger partial charge in [0, 0.05) is 6.54 Å². The first-order chi connectivity index (χ1) is 7.49. The van der Waals surface area contributed by atoms with Crippen LogP contribution in [0.15, 0.2) is 0 Å². The molecule has 0 aliphatic carbocycles. The van der Waals surface area contributed by atoms with E-state index in [1.807, 2.05) is 20.8 Å². The highest BCUT2D eigenvalue weighted by Gasteiger charge is 2.10. The van der Waals surface area contributed by atoms with Crippen LogP contribution < -0.4 is 5.32 Å². The van der Waals surface area contributed by atoms with Gasteiger partial charge in [0.05, 0.1) is 12.6 Å². The number of hydrogen-bond acceptors (Lipinski definition) is 3. The van der Waals surface area contributed by atoms with Crippen molar-refractivity contribution in [3.63, 3.8) is 0 Å². The SMILES string of the molecule is CCN(CC)CC(=O)NCC(C)CC(C)O. The minimum atomic E-state index is -0.297. The maximum Gasteiger partial charge on any atom is 0.234 e. The molecule has 2 atom stereocenters. The van der Waals surface area contributed by atoms with E-state index in [2.05, 4.69) is 10.2 Å². The Balaban J connectivity index is 3.72. The quantitative estimate of drug-likeness (QED) is 0.650. The molecule has 0 aliphatic heterocycles. The minimum Gasteiger partial charge on any atom is -0.393 e. The third-order valence-corrected chi connectivity index (χ3v) is 2.65. The first kappa shape index (κ1) is 15.4. The van der Waals surface area contributed by atoms with Crippen LogP contribution in [0.3, 0.4) is 0 Å². The van der Waals surface area contributed by atoms with Crippen molar-refractivity contribution >= 4 is 5.91 Å². The monoisotopic (exact) mass is 230 g/mol. The molecule has 0 rings (SSSR count). The minimum absolute atomic E-state index is 0.0705. The Morgan fingerprint density at radius 1 is 1.31 bits per heavy atom. The molecule has 0 fully saturated rings. The van der Waals surface area contributed by atoms with Gasteiger partial charge >= 0.3 is 0 Å². The van der Waals surface area contributed by atoms with Crippen LogP contribution in [0.25, 0.3) is 0 Å². The van der Waals surface area contributed by atoms with Crippen molar-refractivity contribution in [2.24, 2.45) is 5.92 Å². The van der Waals surface area contributed by atoms with Gasteiger partial charge in [-0.1, -0.05) is 20.8 Å². The lowest BCUT2D eigenvalue weighted by atomic mass is 10.0. The third kappa shape index (κ3) is 7.65. The molecule has 0 aromatic carbocycles. The molecule has 96 valence electrons. The number of carbonyl (C=O) groups excluding carboxylic acids is 1. The van der Waals surface area contributed by atoms with Crippen molar-refractivity contribution in [1.29, 1.82) is 0 Å². The summed E-state index contributed by atoms with van der Waals surface area (Å²) in [6.45, 7) is 10.8. The largest absolute Gasteiger partial charge is 0.393 e. The van der Waals surface area contributed by atoms with Crippen molar-refractivity contribution in [3.8, 4) is 0 Å². The average molecular weight is 230 g/mol. The first-order valence-corrected chi connectivity index (χ1v) is 6.16.